The average Bonchev–Trinajstić information content (AvgIpc) is 3.44. The van der Waals surface area contributed by atoms with Crippen molar-refractivity contribution in [3.8, 4) is 28.5 Å². The molecule has 45 heavy (non-hydrogen) atoms. The number of carboxylic acids is 1. The number of nitrogens with zero attached hydrogens (tertiary/aromatic N) is 5. The highest BCUT2D eigenvalue weighted by molar-refractivity contribution is 6.01. The number of aromatic nitrogens is 4. The van der Waals surface area contributed by atoms with Crippen molar-refractivity contribution in [1.29, 1.82) is 0 Å². The van der Waals surface area contributed by atoms with Gasteiger partial charge in [0.05, 0.1) is 24.0 Å². The van der Waals surface area contributed by atoms with Crippen molar-refractivity contribution in [2.45, 2.75) is 44.3 Å². The summed E-state index contributed by atoms with van der Waals surface area (Å²) in [4.78, 5) is 37.5. The Morgan fingerprint density at radius 2 is 1.91 bits per heavy atom. The van der Waals surface area contributed by atoms with Crippen molar-refractivity contribution < 1.29 is 23.8 Å². The van der Waals surface area contributed by atoms with Gasteiger partial charge in [0.25, 0.3) is 5.91 Å². The van der Waals surface area contributed by atoms with Gasteiger partial charge in [-0.3, -0.25) is 4.79 Å². The Kier molecular flexibility index (Phi) is 6.25. The molecular formula is C34H33FN6O4. The van der Waals surface area contributed by atoms with Gasteiger partial charge in [-0.15, -0.1) is 0 Å². The Morgan fingerprint density at radius 1 is 1.09 bits per heavy atom. The van der Waals surface area contributed by atoms with Crippen molar-refractivity contribution in [2.24, 2.45) is 24.6 Å². The van der Waals surface area contributed by atoms with E-state index in [1.54, 1.807) is 25.3 Å². The lowest BCUT2D eigenvalue weighted by Crippen LogP contribution is -2.41. The van der Waals surface area contributed by atoms with Crippen LogP contribution < -0.4 is 10.5 Å². The number of methoxy groups -OCH3 is 1. The summed E-state index contributed by atoms with van der Waals surface area (Å²) in [6.07, 6.45) is 4.21. The molecule has 4 heterocycles. The molecule has 2 saturated carbocycles. The molecule has 3 atom stereocenters. The lowest BCUT2D eigenvalue weighted by atomic mass is 10.0. The summed E-state index contributed by atoms with van der Waals surface area (Å²) in [5.41, 5.74) is 10.1. The quantitative estimate of drug-likeness (QED) is 0.264. The Bertz CT molecular complexity index is 2050. The van der Waals surface area contributed by atoms with Crippen LogP contribution in [0, 0.1) is 17.7 Å². The van der Waals surface area contributed by atoms with E-state index in [4.69, 9.17) is 20.4 Å². The molecule has 230 valence electrons. The van der Waals surface area contributed by atoms with Gasteiger partial charge in [-0.1, -0.05) is 12.1 Å². The minimum atomic E-state index is -1.34. The minimum absolute atomic E-state index is 0.0279. The van der Waals surface area contributed by atoms with Crippen LogP contribution in [0.5, 0.6) is 5.75 Å². The van der Waals surface area contributed by atoms with Crippen LogP contribution in [0.2, 0.25) is 0 Å². The molecule has 3 N–H and O–H groups in total. The molecule has 3 aliphatic rings. The zero-order valence-electron chi connectivity index (χ0n) is 25.0. The van der Waals surface area contributed by atoms with E-state index >= 15 is 0 Å². The monoisotopic (exact) mass is 608 g/mol. The smallest absolute Gasteiger partial charge is 0.339 e. The number of piperidine rings is 1. The fourth-order valence-electron chi connectivity index (χ4n) is 7.43. The number of imidazole rings is 1. The number of carboxylic acid groups (broad SMARTS) is 1. The highest BCUT2D eigenvalue weighted by Crippen LogP contribution is 2.40. The van der Waals surface area contributed by atoms with Gasteiger partial charge in [0, 0.05) is 48.7 Å². The molecule has 8 rings (SSSR count). The third kappa shape index (κ3) is 4.32. The topological polar surface area (TPSA) is 129 Å². The number of rotatable bonds is 7. The first-order valence-electron chi connectivity index (χ1n) is 15.4. The van der Waals surface area contributed by atoms with Gasteiger partial charge in [0.2, 0.25) is 0 Å². The van der Waals surface area contributed by atoms with E-state index < -0.39 is 17.3 Å². The standard InChI is InChI=1S/C34H33FN6O4/c1-39-30-24(12-20(14-27(30)45-2)33(42)41-16-19-9-11-25(41)29(19)36)38-32(39)26-13-18-8-10-23(37-31(18)40(26)15-17-6-7-17)21-4-3-5-22(35)28(21)34(43)44/h3-5,8,10,12-14,17,19,25,29H,6-7,9,11,15-16,36H2,1-2H3,(H,43,44)/t19?,25?,29-/m1/s1. The summed E-state index contributed by atoms with van der Waals surface area (Å²) < 4.78 is 24.5. The van der Waals surface area contributed by atoms with Gasteiger partial charge in [-0.2, -0.15) is 0 Å². The van der Waals surface area contributed by atoms with Gasteiger partial charge >= 0.3 is 5.97 Å². The van der Waals surface area contributed by atoms with Crippen molar-refractivity contribution in [1.82, 2.24) is 24.0 Å². The lowest BCUT2D eigenvalue weighted by Gasteiger charge is -2.27. The maximum atomic E-state index is 14.6. The number of aromatic carboxylic acids is 1. The molecule has 3 fully saturated rings. The molecule has 0 spiro atoms. The van der Waals surface area contributed by atoms with Gasteiger partial charge in [-0.05, 0) is 73.9 Å². The Hall–Kier alpha value is -4.77. The Labute approximate surface area is 258 Å². The average molecular weight is 609 g/mol. The van der Waals surface area contributed by atoms with E-state index in [0.717, 1.165) is 48.3 Å². The summed E-state index contributed by atoms with van der Waals surface area (Å²) in [6, 6.07) is 13.6. The zero-order valence-corrected chi connectivity index (χ0v) is 25.0. The number of benzene rings is 2. The highest BCUT2D eigenvalue weighted by atomic mass is 19.1. The first kappa shape index (κ1) is 27.8. The first-order chi connectivity index (χ1) is 21.7. The van der Waals surface area contributed by atoms with Gasteiger partial charge in [0.1, 0.15) is 28.3 Å². The number of carbonyl (C=O) groups excluding carboxylic acids is 1. The van der Waals surface area contributed by atoms with Crippen molar-refractivity contribution in [3.05, 3.63) is 65.5 Å². The molecule has 3 aromatic heterocycles. The molecule has 2 aliphatic carbocycles. The first-order valence-corrected chi connectivity index (χ1v) is 15.4. The van der Waals surface area contributed by atoms with Crippen molar-refractivity contribution >= 4 is 33.9 Å². The van der Waals surface area contributed by atoms with E-state index in [1.165, 1.54) is 6.07 Å². The number of pyridine rings is 1. The SMILES string of the molecule is COc1cc(C(=O)N2CC3CCC2[C@@H]3N)cc2nc(-c3cc4ccc(-c5cccc(F)c5C(=O)O)nc4n3CC3CC3)n(C)c12. The fourth-order valence-corrected chi connectivity index (χ4v) is 7.43. The largest absolute Gasteiger partial charge is 0.494 e. The molecule has 10 nitrogen and oxygen atoms in total. The number of carbonyl (C=O) groups is 2. The van der Waals surface area contributed by atoms with Crippen LogP contribution in [0.4, 0.5) is 4.39 Å². The molecule has 2 bridgehead atoms. The predicted octanol–water partition coefficient (Wildman–Crippen LogP) is 5.07. The van der Waals surface area contributed by atoms with Crippen LogP contribution in [0.1, 0.15) is 46.4 Å². The lowest BCUT2D eigenvalue weighted by molar-refractivity contribution is 0.0687. The van der Waals surface area contributed by atoms with Gasteiger partial charge in [-0.25, -0.2) is 19.2 Å². The van der Waals surface area contributed by atoms with Crippen molar-refractivity contribution in [3.63, 3.8) is 0 Å². The number of hydrogen-bond acceptors (Lipinski definition) is 6. The van der Waals surface area contributed by atoms with Gasteiger partial charge in [0.15, 0.2) is 5.82 Å². The minimum Gasteiger partial charge on any atom is -0.494 e. The summed E-state index contributed by atoms with van der Waals surface area (Å²) in [6.45, 7) is 1.39. The van der Waals surface area contributed by atoms with Crippen molar-refractivity contribution in [2.75, 3.05) is 13.7 Å². The van der Waals surface area contributed by atoms with Crippen LogP contribution in [0.25, 0.3) is 44.8 Å². The summed E-state index contributed by atoms with van der Waals surface area (Å²) in [7, 11) is 3.52. The molecule has 2 unspecified atom stereocenters. The second kappa shape index (κ2) is 10.1. The zero-order chi connectivity index (χ0) is 31.1. The summed E-state index contributed by atoms with van der Waals surface area (Å²) in [5, 5.41) is 10.6. The Balaban J connectivity index is 1.25. The fraction of sp³-hybridized carbons (Fsp3) is 0.353. The third-order valence-electron chi connectivity index (χ3n) is 9.93. The predicted molar refractivity (Wildman–Crippen MR) is 167 cm³/mol. The highest BCUT2D eigenvalue weighted by Gasteiger charge is 2.47. The number of nitrogens with two attached hydrogens (primary N) is 1. The van der Waals surface area contributed by atoms with Crippen LogP contribution in [-0.4, -0.2) is 66.7 Å². The van der Waals surface area contributed by atoms with Crippen LogP contribution in [0.3, 0.4) is 0 Å². The molecule has 5 aromatic rings. The molecule has 11 heteroatoms. The maximum absolute atomic E-state index is 14.6. The number of aryl methyl sites for hydroxylation is 1. The molecule has 1 amide bonds. The van der Waals surface area contributed by atoms with Gasteiger partial charge < -0.3 is 29.6 Å². The maximum Gasteiger partial charge on any atom is 0.339 e. The summed E-state index contributed by atoms with van der Waals surface area (Å²) in [5.74, 6) is -0.110. The van der Waals surface area contributed by atoms with Crippen LogP contribution in [0.15, 0.2) is 48.5 Å². The van der Waals surface area contributed by atoms with E-state index in [2.05, 4.69) is 4.57 Å². The van der Waals surface area contributed by atoms with E-state index in [0.29, 0.717) is 58.9 Å². The van der Waals surface area contributed by atoms with E-state index in [-0.39, 0.29) is 23.6 Å². The molecule has 0 radical (unpaired) electrons. The molecular weight excluding hydrogens is 575 g/mol. The van der Waals surface area contributed by atoms with E-state index in [9.17, 15) is 19.1 Å². The summed E-state index contributed by atoms with van der Waals surface area (Å²) >= 11 is 0. The molecule has 1 saturated heterocycles. The number of ether oxygens (including phenoxy) is 1. The second-order valence-corrected chi connectivity index (χ2v) is 12.6. The number of amides is 1. The second-order valence-electron chi connectivity index (χ2n) is 12.6. The number of fused-ring (bicyclic) bond motifs is 4. The third-order valence-corrected chi connectivity index (χ3v) is 9.93. The normalized spacial score (nSPS) is 20.9. The number of hydrogen-bond donors (Lipinski definition) is 2. The molecule has 2 aromatic carbocycles. The van der Waals surface area contributed by atoms with Crippen LogP contribution >= 0.6 is 0 Å². The number of likely N-dealkylation sites (tertiary alicyclic amines) is 1. The molecule has 1 aliphatic heterocycles. The Morgan fingerprint density at radius 3 is 2.60 bits per heavy atom. The number of halogens is 1. The van der Waals surface area contributed by atoms with E-state index in [1.807, 2.05) is 34.7 Å². The van der Waals surface area contributed by atoms with Crippen LogP contribution in [-0.2, 0) is 13.6 Å².